The summed E-state index contributed by atoms with van der Waals surface area (Å²) in [6.07, 6.45) is 2.57. The lowest BCUT2D eigenvalue weighted by Gasteiger charge is -2.24. The molecular formula is C13H30N2O. The second kappa shape index (κ2) is 10.1. The van der Waals surface area contributed by atoms with E-state index in [1.54, 1.807) is 0 Å². The Labute approximate surface area is 101 Å². The van der Waals surface area contributed by atoms with Crippen molar-refractivity contribution in [2.45, 2.75) is 33.6 Å². The van der Waals surface area contributed by atoms with Crippen molar-refractivity contribution in [1.29, 1.82) is 0 Å². The van der Waals surface area contributed by atoms with Gasteiger partial charge < -0.3 is 14.9 Å². The summed E-state index contributed by atoms with van der Waals surface area (Å²) in [5.41, 5.74) is 0. The van der Waals surface area contributed by atoms with E-state index in [2.05, 4.69) is 37.6 Å². The zero-order chi connectivity index (χ0) is 12.4. The van der Waals surface area contributed by atoms with Gasteiger partial charge in [-0.3, -0.25) is 0 Å². The molecule has 3 nitrogen and oxygen atoms in total. The Morgan fingerprint density at radius 2 is 1.75 bits per heavy atom. The molecule has 0 saturated carbocycles. The van der Waals surface area contributed by atoms with Crippen LogP contribution >= 0.6 is 0 Å². The molecule has 0 rings (SSSR count). The first-order valence-corrected chi connectivity index (χ1v) is 6.65. The van der Waals surface area contributed by atoms with Crippen LogP contribution in [0.2, 0.25) is 0 Å². The van der Waals surface area contributed by atoms with Crippen LogP contribution in [0, 0.1) is 5.92 Å². The summed E-state index contributed by atoms with van der Waals surface area (Å²) in [6.45, 7) is 12.2. The van der Waals surface area contributed by atoms with Gasteiger partial charge in [0.15, 0.2) is 0 Å². The molecule has 0 aliphatic rings. The molecule has 0 fully saturated rings. The molecule has 16 heavy (non-hydrogen) atoms. The van der Waals surface area contributed by atoms with Crippen LogP contribution in [0.1, 0.15) is 33.6 Å². The van der Waals surface area contributed by atoms with Crippen LogP contribution in [0.5, 0.6) is 0 Å². The van der Waals surface area contributed by atoms with Gasteiger partial charge in [0.2, 0.25) is 0 Å². The van der Waals surface area contributed by atoms with Crippen LogP contribution in [0.4, 0.5) is 0 Å². The van der Waals surface area contributed by atoms with Gasteiger partial charge in [-0.15, -0.1) is 0 Å². The summed E-state index contributed by atoms with van der Waals surface area (Å²) in [5, 5.41) is 8.89. The molecule has 0 aromatic heterocycles. The third-order valence-corrected chi connectivity index (χ3v) is 3.36. The number of aliphatic hydroxyl groups excluding tert-OH is 1. The molecule has 1 N–H and O–H groups in total. The van der Waals surface area contributed by atoms with Crippen LogP contribution in [0.15, 0.2) is 0 Å². The minimum Gasteiger partial charge on any atom is -0.395 e. The van der Waals surface area contributed by atoms with E-state index in [0.29, 0.717) is 0 Å². The summed E-state index contributed by atoms with van der Waals surface area (Å²) in [6, 6.07) is 0. The van der Waals surface area contributed by atoms with Gasteiger partial charge in [0, 0.05) is 19.6 Å². The van der Waals surface area contributed by atoms with Crippen molar-refractivity contribution in [2.24, 2.45) is 5.92 Å². The van der Waals surface area contributed by atoms with Crippen LogP contribution in [0.3, 0.4) is 0 Å². The van der Waals surface area contributed by atoms with E-state index < -0.39 is 0 Å². The molecule has 0 aromatic rings. The summed E-state index contributed by atoms with van der Waals surface area (Å²) in [7, 11) is 2.19. The fourth-order valence-corrected chi connectivity index (χ4v) is 1.64. The molecule has 98 valence electrons. The molecule has 0 aromatic carbocycles. The number of hydrogen-bond acceptors (Lipinski definition) is 3. The monoisotopic (exact) mass is 230 g/mol. The zero-order valence-electron chi connectivity index (χ0n) is 11.6. The molecule has 3 heteroatoms. The van der Waals surface area contributed by atoms with Gasteiger partial charge in [-0.25, -0.2) is 0 Å². The average Bonchev–Trinajstić information content (AvgIpc) is 2.31. The number of rotatable bonds is 10. The van der Waals surface area contributed by atoms with Crippen molar-refractivity contribution < 1.29 is 5.11 Å². The fraction of sp³-hybridized carbons (Fsp3) is 1.00. The number of aliphatic hydroxyl groups is 1. The molecule has 0 bridgehead atoms. The lowest BCUT2D eigenvalue weighted by Crippen LogP contribution is -2.35. The van der Waals surface area contributed by atoms with Gasteiger partial charge in [0.25, 0.3) is 0 Å². The standard InChI is InChI=1S/C13H30N2O/c1-5-13(3)7-8-14(4)9-10-15(6-2)11-12-16/h13,16H,5-12H2,1-4H3. The van der Waals surface area contributed by atoms with Crippen LogP contribution in [-0.4, -0.2) is 61.3 Å². The minimum absolute atomic E-state index is 0.268. The van der Waals surface area contributed by atoms with Crippen LogP contribution < -0.4 is 0 Å². The predicted molar refractivity (Wildman–Crippen MR) is 70.8 cm³/mol. The van der Waals surface area contributed by atoms with E-state index >= 15 is 0 Å². The minimum atomic E-state index is 0.268. The molecule has 0 saturated heterocycles. The first-order valence-electron chi connectivity index (χ1n) is 6.65. The van der Waals surface area contributed by atoms with Crippen molar-refractivity contribution in [3.8, 4) is 0 Å². The Morgan fingerprint density at radius 1 is 1.06 bits per heavy atom. The first kappa shape index (κ1) is 15.9. The highest BCUT2D eigenvalue weighted by molar-refractivity contribution is 4.60. The number of nitrogens with zero attached hydrogens (tertiary/aromatic N) is 2. The lowest BCUT2D eigenvalue weighted by molar-refractivity contribution is 0.181. The maximum Gasteiger partial charge on any atom is 0.0558 e. The summed E-state index contributed by atoms with van der Waals surface area (Å²) >= 11 is 0. The highest BCUT2D eigenvalue weighted by atomic mass is 16.3. The van der Waals surface area contributed by atoms with Crippen LogP contribution in [0.25, 0.3) is 0 Å². The smallest absolute Gasteiger partial charge is 0.0558 e. The quantitative estimate of drug-likeness (QED) is 0.618. The summed E-state index contributed by atoms with van der Waals surface area (Å²) in [4.78, 5) is 4.69. The Balaban J connectivity index is 3.58. The highest BCUT2D eigenvalue weighted by Gasteiger charge is 2.05. The largest absolute Gasteiger partial charge is 0.395 e. The van der Waals surface area contributed by atoms with Gasteiger partial charge in [-0.1, -0.05) is 27.2 Å². The second-order valence-corrected chi connectivity index (χ2v) is 4.76. The SMILES string of the molecule is CCC(C)CCN(C)CCN(CC)CCO. The first-order chi connectivity index (χ1) is 7.63. The van der Waals surface area contributed by atoms with Crippen LogP contribution in [-0.2, 0) is 0 Å². The van der Waals surface area contributed by atoms with E-state index in [-0.39, 0.29) is 6.61 Å². The van der Waals surface area contributed by atoms with Gasteiger partial charge >= 0.3 is 0 Å². The van der Waals surface area contributed by atoms with E-state index in [4.69, 9.17) is 5.11 Å². The molecule has 0 radical (unpaired) electrons. The van der Waals surface area contributed by atoms with E-state index in [1.807, 2.05) is 0 Å². The van der Waals surface area contributed by atoms with Crippen molar-refractivity contribution in [2.75, 3.05) is 46.4 Å². The third kappa shape index (κ3) is 8.08. The van der Waals surface area contributed by atoms with Crippen molar-refractivity contribution in [3.05, 3.63) is 0 Å². The van der Waals surface area contributed by atoms with E-state index in [0.717, 1.165) is 32.1 Å². The Morgan fingerprint density at radius 3 is 2.25 bits per heavy atom. The molecule has 0 amide bonds. The summed E-state index contributed by atoms with van der Waals surface area (Å²) in [5.74, 6) is 0.835. The van der Waals surface area contributed by atoms with Crippen molar-refractivity contribution in [3.63, 3.8) is 0 Å². The molecular weight excluding hydrogens is 200 g/mol. The number of likely N-dealkylation sites (N-methyl/N-ethyl adjacent to an activating group) is 2. The normalized spacial score (nSPS) is 13.7. The molecule has 0 aliphatic carbocycles. The van der Waals surface area contributed by atoms with Gasteiger partial charge in [-0.05, 0) is 32.5 Å². The maximum absolute atomic E-state index is 8.89. The Hall–Kier alpha value is -0.120. The molecule has 0 spiro atoms. The Kier molecular flexibility index (Phi) is 9.99. The third-order valence-electron chi connectivity index (χ3n) is 3.36. The van der Waals surface area contributed by atoms with Gasteiger partial charge in [0.05, 0.1) is 6.61 Å². The Bertz CT molecular complexity index is 153. The second-order valence-electron chi connectivity index (χ2n) is 4.76. The highest BCUT2D eigenvalue weighted by Crippen LogP contribution is 2.06. The fourth-order valence-electron chi connectivity index (χ4n) is 1.64. The average molecular weight is 230 g/mol. The molecule has 1 atom stereocenters. The lowest BCUT2D eigenvalue weighted by atomic mass is 10.1. The van der Waals surface area contributed by atoms with Crippen molar-refractivity contribution >= 4 is 0 Å². The van der Waals surface area contributed by atoms with E-state index in [1.165, 1.54) is 19.4 Å². The van der Waals surface area contributed by atoms with Gasteiger partial charge in [-0.2, -0.15) is 0 Å². The predicted octanol–water partition coefficient (Wildman–Crippen LogP) is 1.67. The summed E-state index contributed by atoms with van der Waals surface area (Å²) < 4.78 is 0. The maximum atomic E-state index is 8.89. The topological polar surface area (TPSA) is 26.7 Å². The molecule has 0 aliphatic heterocycles. The molecule has 0 heterocycles. The van der Waals surface area contributed by atoms with Gasteiger partial charge in [0.1, 0.15) is 0 Å². The molecule has 1 unspecified atom stereocenters. The zero-order valence-corrected chi connectivity index (χ0v) is 11.6. The van der Waals surface area contributed by atoms with E-state index in [9.17, 15) is 0 Å². The number of hydrogen-bond donors (Lipinski definition) is 1. The van der Waals surface area contributed by atoms with Crippen molar-refractivity contribution in [1.82, 2.24) is 9.80 Å².